The Kier molecular flexibility index (Phi) is 6.02. The van der Waals surface area contributed by atoms with Gasteiger partial charge in [-0.1, -0.05) is 10.8 Å². The molecule has 0 rings (SSSR count). The molecular weight excluding hydrogens is 237 g/mol. The van der Waals surface area contributed by atoms with Gasteiger partial charge in [-0.05, 0) is 0 Å². The number of thiol groups is 1. The zero-order valence-electron chi connectivity index (χ0n) is 6.71. The molecular formula is C4H10NO5PS2. The van der Waals surface area contributed by atoms with Crippen LogP contribution >= 0.6 is 30.1 Å². The molecule has 0 aliphatic rings. The Balaban J connectivity index is 4.18. The molecule has 0 heterocycles. The molecule has 0 fully saturated rings. The second-order valence-electron chi connectivity index (χ2n) is 1.98. The lowest BCUT2D eigenvalue weighted by molar-refractivity contribution is -0.135. The first kappa shape index (κ1) is 13.3. The predicted octanol–water partition coefficient (Wildman–Crippen LogP) is 0.354. The Morgan fingerprint density at radius 1 is 1.85 bits per heavy atom. The topological polar surface area (TPSA) is 95.9 Å². The molecule has 0 aliphatic carbocycles. The van der Waals surface area contributed by atoms with Gasteiger partial charge in [0.05, 0.1) is 6.54 Å². The molecule has 3 N–H and O–H groups in total. The highest BCUT2D eigenvalue weighted by atomic mass is 33.1. The third-order valence-corrected chi connectivity index (χ3v) is 5.00. The van der Waals surface area contributed by atoms with Crippen LogP contribution in [0.5, 0.6) is 0 Å². The number of carbonyl (C=O) groups is 1. The van der Waals surface area contributed by atoms with E-state index in [0.717, 1.165) is 17.9 Å². The van der Waals surface area contributed by atoms with E-state index in [1.807, 2.05) is 0 Å². The largest absolute Gasteiger partial charge is 0.480 e. The van der Waals surface area contributed by atoms with Crippen molar-refractivity contribution in [1.29, 1.82) is 0 Å². The van der Waals surface area contributed by atoms with Crippen molar-refractivity contribution in [3.8, 4) is 0 Å². The summed E-state index contributed by atoms with van der Waals surface area (Å²) in [5.41, 5.74) is 0. The molecule has 78 valence electrons. The molecule has 2 atom stereocenters. The highest BCUT2D eigenvalue weighted by Gasteiger charge is 2.31. The van der Waals surface area contributed by atoms with E-state index < -0.39 is 25.2 Å². The number of rotatable bonds is 6. The molecule has 2 unspecified atom stereocenters. The summed E-state index contributed by atoms with van der Waals surface area (Å²) in [6.45, 7) is -0.424. The molecule has 0 amide bonds. The second-order valence-corrected chi connectivity index (χ2v) is 5.65. The monoisotopic (exact) mass is 247 g/mol. The third-order valence-electron chi connectivity index (χ3n) is 1.09. The summed E-state index contributed by atoms with van der Waals surface area (Å²) >= 11 is 3.71. The first-order chi connectivity index (χ1) is 5.94. The Bertz CT molecular complexity index is 225. The summed E-state index contributed by atoms with van der Waals surface area (Å²) in [6, 6.07) is 0. The molecule has 0 saturated carbocycles. The zero-order valence-corrected chi connectivity index (χ0v) is 9.31. The van der Waals surface area contributed by atoms with Gasteiger partial charge in [0.25, 0.3) is 0 Å². The van der Waals surface area contributed by atoms with E-state index in [2.05, 4.69) is 21.5 Å². The number of carboxylic acid groups (broad SMARTS) is 1. The lowest BCUT2D eigenvalue weighted by Gasteiger charge is -2.18. The van der Waals surface area contributed by atoms with E-state index in [-0.39, 0.29) is 0 Å². The number of aliphatic carboxylic acids is 1. The molecule has 0 aliphatic heterocycles. The summed E-state index contributed by atoms with van der Waals surface area (Å²) in [5, 5.41) is 9.55. The molecule has 0 bridgehead atoms. The molecule has 9 heteroatoms. The quantitative estimate of drug-likeness (QED) is 0.233. The van der Waals surface area contributed by atoms with Crippen LogP contribution in [0.25, 0.3) is 0 Å². The van der Waals surface area contributed by atoms with Gasteiger partial charge in [0, 0.05) is 7.11 Å². The number of hydrogen-bond donors (Lipinski definition) is 4. The summed E-state index contributed by atoms with van der Waals surface area (Å²) in [5.74, 6) is -1.12. The first-order valence-corrected chi connectivity index (χ1v) is 6.65. The summed E-state index contributed by atoms with van der Waals surface area (Å²) < 4.78 is 15.4. The van der Waals surface area contributed by atoms with Crippen LogP contribution in [0, 0.1) is 0 Å². The van der Waals surface area contributed by atoms with Gasteiger partial charge in [0.1, 0.15) is 0 Å². The summed E-state index contributed by atoms with van der Waals surface area (Å²) in [6.07, 6.45) is 0. The number of nitrogens with one attached hydrogen (secondary N) is 1. The molecule has 13 heavy (non-hydrogen) atoms. The summed E-state index contributed by atoms with van der Waals surface area (Å²) in [7, 11) is -2.03. The van der Waals surface area contributed by atoms with Crippen LogP contribution in [0.3, 0.4) is 0 Å². The van der Waals surface area contributed by atoms with Gasteiger partial charge < -0.3 is 14.5 Å². The number of carboxylic acids is 1. The SMILES string of the molecule is COP(=O)(O)C(NCC(=O)O)SS. The minimum atomic E-state index is -3.83. The van der Waals surface area contributed by atoms with Crippen molar-refractivity contribution in [3.63, 3.8) is 0 Å². The van der Waals surface area contributed by atoms with E-state index >= 15 is 0 Å². The average molecular weight is 247 g/mol. The minimum Gasteiger partial charge on any atom is -0.480 e. The van der Waals surface area contributed by atoms with Crippen molar-refractivity contribution in [2.45, 2.75) is 5.11 Å². The van der Waals surface area contributed by atoms with Crippen molar-refractivity contribution in [1.82, 2.24) is 5.32 Å². The fourth-order valence-electron chi connectivity index (χ4n) is 0.483. The fraction of sp³-hybridized carbons (Fsp3) is 0.750. The van der Waals surface area contributed by atoms with Gasteiger partial charge in [-0.25, -0.2) is 0 Å². The standard InChI is InChI=1S/C4H10NO5PS2/c1-10-11(8,9)4(13-12)5-2-3(6)7/h4-5,12H,2H2,1H3,(H,6,7)(H,8,9). The molecule has 0 saturated heterocycles. The Labute approximate surface area is 84.4 Å². The maximum atomic E-state index is 11.1. The van der Waals surface area contributed by atoms with Crippen LogP contribution in [-0.2, 0) is 13.9 Å². The second kappa shape index (κ2) is 5.90. The lowest BCUT2D eigenvalue weighted by Crippen LogP contribution is -2.30. The Morgan fingerprint density at radius 2 is 2.38 bits per heavy atom. The Hall–Kier alpha value is 0.280. The normalized spacial score (nSPS) is 17.8. The van der Waals surface area contributed by atoms with E-state index in [1.54, 1.807) is 0 Å². The van der Waals surface area contributed by atoms with E-state index in [0.29, 0.717) is 0 Å². The highest BCUT2D eigenvalue weighted by molar-refractivity contribution is 8.69. The van der Waals surface area contributed by atoms with Gasteiger partial charge >= 0.3 is 13.6 Å². The predicted molar refractivity (Wildman–Crippen MR) is 52.8 cm³/mol. The van der Waals surface area contributed by atoms with Crippen molar-refractivity contribution in [2.24, 2.45) is 0 Å². The molecule has 6 nitrogen and oxygen atoms in total. The van der Waals surface area contributed by atoms with Crippen LogP contribution in [0.15, 0.2) is 0 Å². The van der Waals surface area contributed by atoms with Gasteiger partial charge in [0.15, 0.2) is 5.11 Å². The lowest BCUT2D eigenvalue weighted by atomic mass is 10.7. The molecule has 0 spiro atoms. The maximum Gasteiger partial charge on any atom is 0.355 e. The smallest absolute Gasteiger partial charge is 0.355 e. The molecule has 0 aromatic rings. The van der Waals surface area contributed by atoms with Crippen molar-refractivity contribution < 1.29 is 23.9 Å². The third kappa shape index (κ3) is 4.90. The fourth-order valence-corrected chi connectivity index (χ4v) is 3.18. The van der Waals surface area contributed by atoms with Crippen LogP contribution in [-0.4, -0.2) is 34.7 Å². The maximum absolute atomic E-state index is 11.1. The molecule has 0 radical (unpaired) electrons. The van der Waals surface area contributed by atoms with Crippen molar-refractivity contribution >= 4 is 36.0 Å². The van der Waals surface area contributed by atoms with Gasteiger partial charge in [0.2, 0.25) is 0 Å². The zero-order chi connectivity index (χ0) is 10.5. The molecule has 0 aromatic carbocycles. The Morgan fingerprint density at radius 3 is 2.69 bits per heavy atom. The van der Waals surface area contributed by atoms with Gasteiger partial charge in [-0.15, -0.1) is 11.7 Å². The van der Waals surface area contributed by atoms with Crippen LogP contribution in [0.2, 0.25) is 0 Å². The van der Waals surface area contributed by atoms with Crippen LogP contribution in [0.1, 0.15) is 0 Å². The van der Waals surface area contributed by atoms with Crippen LogP contribution in [0.4, 0.5) is 0 Å². The van der Waals surface area contributed by atoms with E-state index in [9.17, 15) is 9.36 Å². The minimum absolute atomic E-state index is 0.424. The van der Waals surface area contributed by atoms with Crippen molar-refractivity contribution in [2.75, 3.05) is 13.7 Å². The van der Waals surface area contributed by atoms with Crippen LogP contribution < -0.4 is 5.32 Å². The van der Waals surface area contributed by atoms with Gasteiger partial charge in [-0.3, -0.25) is 14.7 Å². The average Bonchev–Trinajstić information content (AvgIpc) is 2.04. The van der Waals surface area contributed by atoms with E-state index in [1.165, 1.54) is 0 Å². The summed E-state index contributed by atoms with van der Waals surface area (Å²) in [4.78, 5) is 19.2. The highest BCUT2D eigenvalue weighted by Crippen LogP contribution is 2.50. The van der Waals surface area contributed by atoms with Gasteiger partial charge in [-0.2, -0.15) is 0 Å². The number of hydrogen-bond acceptors (Lipinski definition) is 6. The molecule has 0 aromatic heterocycles. The first-order valence-electron chi connectivity index (χ1n) is 3.07. The van der Waals surface area contributed by atoms with Crippen molar-refractivity contribution in [3.05, 3.63) is 0 Å². The van der Waals surface area contributed by atoms with E-state index in [4.69, 9.17) is 10.00 Å².